The third-order valence-electron chi connectivity index (χ3n) is 6.62. The average molecular weight is 605 g/mol. The molecule has 0 bridgehead atoms. The number of amides is 2. The Morgan fingerprint density at radius 3 is 1.93 bits per heavy atom. The predicted molar refractivity (Wildman–Crippen MR) is 155 cm³/mol. The van der Waals surface area contributed by atoms with Crippen molar-refractivity contribution >= 4 is 46.0 Å². The van der Waals surface area contributed by atoms with Crippen molar-refractivity contribution in [3.63, 3.8) is 0 Å². The summed E-state index contributed by atoms with van der Waals surface area (Å²) in [6, 6.07) is 23.1. The van der Waals surface area contributed by atoms with Crippen LogP contribution in [0, 0.1) is 0 Å². The number of ether oxygens (including phenoxy) is 1. The smallest absolute Gasteiger partial charge is 0.416 e. The van der Waals surface area contributed by atoms with Crippen LogP contribution in [0.4, 0.5) is 18.9 Å². The van der Waals surface area contributed by atoms with Crippen molar-refractivity contribution in [3.05, 3.63) is 141 Å². The van der Waals surface area contributed by atoms with Crippen LogP contribution in [0.5, 0.6) is 5.75 Å². The lowest BCUT2D eigenvalue weighted by Gasteiger charge is -2.23. The minimum atomic E-state index is -4.68. The molecule has 2 amide bonds. The zero-order valence-electron chi connectivity index (χ0n) is 22.3. The van der Waals surface area contributed by atoms with E-state index in [9.17, 15) is 32.3 Å². The van der Waals surface area contributed by atoms with Crippen molar-refractivity contribution in [3.8, 4) is 5.75 Å². The summed E-state index contributed by atoms with van der Waals surface area (Å²) in [6.45, 7) is 0. The molecule has 0 saturated heterocycles. The third-order valence-corrected chi connectivity index (χ3v) is 6.94. The molecule has 0 aliphatic rings. The van der Waals surface area contributed by atoms with Crippen LogP contribution in [-0.2, 0) is 13.2 Å². The van der Waals surface area contributed by atoms with Crippen LogP contribution < -0.4 is 15.2 Å². The first-order chi connectivity index (χ1) is 20.5. The maximum atomic E-state index is 14.3. The molecule has 216 valence electrons. The number of halogens is 4. The lowest BCUT2D eigenvalue weighted by Crippen LogP contribution is -2.41. The second kappa shape index (κ2) is 11.6. The number of anilines is 1. The number of aryl methyl sites for hydroxylation is 1. The lowest BCUT2D eigenvalue weighted by molar-refractivity contribution is -0.137. The van der Waals surface area contributed by atoms with E-state index in [0.717, 1.165) is 16.7 Å². The quantitative estimate of drug-likeness (QED) is 0.161. The van der Waals surface area contributed by atoms with Crippen LogP contribution in [0.1, 0.15) is 36.6 Å². The number of carbonyl (C=O) groups is 3. The van der Waals surface area contributed by atoms with Crippen molar-refractivity contribution in [1.82, 2.24) is 4.57 Å². The highest BCUT2D eigenvalue weighted by Gasteiger charge is 2.35. The van der Waals surface area contributed by atoms with Gasteiger partial charge in [-0.3, -0.25) is 14.4 Å². The maximum absolute atomic E-state index is 14.3. The van der Waals surface area contributed by atoms with E-state index < -0.39 is 46.4 Å². The van der Waals surface area contributed by atoms with Crippen molar-refractivity contribution in [1.29, 1.82) is 0 Å². The van der Waals surface area contributed by atoms with Gasteiger partial charge in [-0.25, -0.2) is 9.69 Å². The molecule has 43 heavy (non-hydrogen) atoms. The summed E-state index contributed by atoms with van der Waals surface area (Å²) in [5, 5.41) is 0.0758. The second-order valence-electron chi connectivity index (χ2n) is 9.31. The normalized spacial score (nSPS) is 11.3. The maximum Gasteiger partial charge on any atom is 0.416 e. The van der Waals surface area contributed by atoms with E-state index in [1.165, 1.54) is 55.6 Å². The average Bonchev–Trinajstić information content (AvgIpc) is 3.00. The molecule has 0 radical (unpaired) electrons. The summed E-state index contributed by atoms with van der Waals surface area (Å²) < 4.78 is 46.7. The molecule has 11 heteroatoms. The monoisotopic (exact) mass is 604 g/mol. The minimum Gasteiger partial charge on any atom is -0.421 e. The van der Waals surface area contributed by atoms with E-state index in [4.69, 9.17) is 16.3 Å². The van der Waals surface area contributed by atoms with Crippen LogP contribution in [0.25, 0.3) is 10.9 Å². The van der Waals surface area contributed by atoms with Crippen LogP contribution in [-0.4, -0.2) is 22.4 Å². The number of hydrogen-bond donors (Lipinski definition) is 0. The summed E-state index contributed by atoms with van der Waals surface area (Å²) in [5.74, 6) is -3.60. The van der Waals surface area contributed by atoms with Gasteiger partial charge in [0, 0.05) is 12.6 Å². The van der Waals surface area contributed by atoms with E-state index in [1.807, 2.05) is 0 Å². The van der Waals surface area contributed by atoms with Crippen LogP contribution in [0.15, 0.2) is 108 Å². The number of rotatable bonds is 5. The van der Waals surface area contributed by atoms with Gasteiger partial charge in [0.15, 0.2) is 5.75 Å². The Kier molecular flexibility index (Phi) is 7.88. The van der Waals surface area contributed by atoms with Crippen molar-refractivity contribution in [2.75, 3.05) is 4.90 Å². The first-order valence-electron chi connectivity index (χ1n) is 12.7. The number of pyridine rings is 1. The summed E-state index contributed by atoms with van der Waals surface area (Å²) in [6.07, 6.45) is -4.68. The van der Waals surface area contributed by atoms with Gasteiger partial charge in [0.1, 0.15) is 5.56 Å². The van der Waals surface area contributed by atoms with Gasteiger partial charge in [0.2, 0.25) is 0 Å². The Labute approximate surface area is 247 Å². The number of alkyl halides is 3. The SMILES string of the molecule is Cn1c(=O)c(C(=O)N(C(=O)c2ccccc2)c2ccc(C(F)(F)F)cc2)c(OC(=O)c2ccccc2)c2c(Cl)cccc21. The molecule has 5 rings (SSSR count). The number of aromatic nitrogens is 1. The molecule has 4 aromatic carbocycles. The largest absolute Gasteiger partial charge is 0.421 e. The number of hydrogen-bond acceptors (Lipinski definition) is 5. The molecule has 1 heterocycles. The molecule has 0 spiro atoms. The Balaban J connectivity index is 1.76. The van der Waals surface area contributed by atoms with Crippen molar-refractivity contribution < 1.29 is 32.3 Å². The third kappa shape index (κ3) is 5.64. The summed E-state index contributed by atoms with van der Waals surface area (Å²) in [7, 11) is 1.36. The molecule has 1 aromatic heterocycles. The minimum absolute atomic E-state index is 0.00854. The Morgan fingerprint density at radius 2 is 1.35 bits per heavy atom. The van der Waals surface area contributed by atoms with Gasteiger partial charge >= 0.3 is 12.1 Å². The van der Waals surface area contributed by atoms with Crippen LogP contribution in [0.2, 0.25) is 5.02 Å². The fourth-order valence-corrected chi connectivity index (χ4v) is 4.74. The van der Waals surface area contributed by atoms with Crippen LogP contribution >= 0.6 is 11.6 Å². The molecule has 0 unspecified atom stereocenters. The number of fused-ring (bicyclic) bond motifs is 1. The number of carbonyl (C=O) groups excluding carboxylic acids is 3. The number of nitrogens with zero attached hydrogens (tertiary/aromatic N) is 2. The van der Waals surface area contributed by atoms with Gasteiger partial charge in [0.05, 0.1) is 32.7 Å². The van der Waals surface area contributed by atoms with Gasteiger partial charge in [0.25, 0.3) is 17.4 Å². The zero-order chi connectivity index (χ0) is 30.9. The summed E-state index contributed by atoms with van der Waals surface area (Å²) >= 11 is 6.50. The molecule has 5 aromatic rings. The number of imide groups is 1. The molecule has 0 aliphatic carbocycles. The first-order valence-corrected chi connectivity index (χ1v) is 13.1. The highest BCUT2D eigenvalue weighted by molar-refractivity contribution is 6.36. The molecule has 0 N–H and O–H groups in total. The standard InChI is InChI=1S/C32H20ClF3N2O5/c1-37-24-14-8-13-23(33)25(24)27(43-31(42)20-11-6-3-7-12-20)26(29(37)40)30(41)38(28(39)19-9-4-2-5-10-19)22-17-15-21(16-18-22)32(34,35)36/h2-18H,1H3. The van der Waals surface area contributed by atoms with E-state index in [-0.39, 0.29) is 32.7 Å². The molecule has 7 nitrogen and oxygen atoms in total. The van der Waals surface area contributed by atoms with Gasteiger partial charge in [-0.1, -0.05) is 54.1 Å². The molecular weight excluding hydrogens is 585 g/mol. The highest BCUT2D eigenvalue weighted by Crippen LogP contribution is 2.36. The Morgan fingerprint density at radius 1 is 0.767 bits per heavy atom. The highest BCUT2D eigenvalue weighted by atomic mass is 35.5. The summed E-state index contributed by atoms with van der Waals surface area (Å²) in [5.41, 5.74) is -2.60. The van der Waals surface area contributed by atoms with Gasteiger partial charge in [-0.05, 0) is 60.7 Å². The molecule has 0 aliphatic heterocycles. The van der Waals surface area contributed by atoms with Crippen molar-refractivity contribution in [2.45, 2.75) is 6.18 Å². The lowest BCUT2D eigenvalue weighted by atomic mass is 10.1. The zero-order valence-corrected chi connectivity index (χ0v) is 23.0. The topological polar surface area (TPSA) is 85.7 Å². The molecule has 0 saturated carbocycles. The van der Waals surface area contributed by atoms with Crippen molar-refractivity contribution in [2.24, 2.45) is 7.05 Å². The second-order valence-corrected chi connectivity index (χ2v) is 9.72. The fourth-order valence-electron chi connectivity index (χ4n) is 4.48. The number of esters is 1. The Hall–Kier alpha value is -5.22. The van der Waals surface area contributed by atoms with E-state index in [2.05, 4.69) is 0 Å². The van der Waals surface area contributed by atoms with Gasteiger partial charge < -0.3 is 9.30 Å². The molecule has 0 fully saturated rings. The molecule has 0 atom stereocenters. The van der Waals surface area contributed by atoms with E-state index in [0.29, 0.717) is 17.0 Å². The molecular formula is C32H20ClF3N2O5. The predicted octanol–water partition coefficient (Wildman–Crippen LogP) is 6.92. The summed E-state index contributed by atoms with van der Waals surface area (Å²) in [4.78, 5) is 55.6. The van der Waals surface area contributed by atoms with Crippen LogP contribution in [0.3, 0.4) is 0 Å². The van der Waals surface area contributed by atoms with Gasteiger partial charge in [-0.2, -0.15) is 13.2 Å². The fraction of sp³-hybridized carbons (Fsp3) is 0.0625. The first kappa shape index (κ1) is 29.3. The van der Waals surface area contributed by atoms with E-state index in [1.54, 1.807) is 30.3 Å². The van der Waals surface area contributed by atoms with Gasteiger partial charge in [-0.15, -0.1) is 0 Å². The Bertz CT molecular complexity index is 1920. The van der Waals surface area contributed by atoms with E-state index >= 15 is 0 Å². The number of benzene rings is 4.